The smallest absolute Gasteiger partial charge is 0.323 e. The number of nitrogen functional groups attached to an aromatic ring is 1. The lowest BCUT2D eigenvalue weighted by Gasteiger charge is -2.13. The summed E-state index contributed by atoms with van der Waals surface area (Å²) in [5.74, 6) is 1.24. The molecule has 3 aromatic carbocycles. The van der Waals surface area contributed by atoms with Crippen LogP contribution in [-0.4, -0.2) is 16.0 Å². The van der Waals surface area contributed by atoms with E-state index in [0.29, 0.717) is 28.6 Å². The number of para-hydroxylation sites is 3. The van der Waals surface area contributed by atoms with Crippen LogP contribution >= 0.6 is 0 Å². The fraction of sp³-hybridized carbons (Fsp3) is 0. The normalized spacial score (nSPS) is 10.7. The molecular formula is C26H21N5O2. The molecule has 7 heteroatoms. The maximum atomic E-state index is 12.7. The predicted molar refractivity (Wildman–Crippen MR) is 132 cm³/mol. The molecule has 2 aromatic heterocycles. The molecule has 5 aromatic rings. The minimum atomic E-state index is -0.374. The van der Waals surface area contributed by atoms with Crippen molar-refractivity contribution in [2.24, 2.45) is 0 Å². The third kappa shape index (κ3) is 4.47. The number of hydrogen-bond acceptors (Lipinski definition) is 4. The summed E-state index contributed by atoms with van der Waals surface area (Å²) in [6.45, 7) is 0. The van der Waals surface area contributed by atoms with Gasteiger partial charge in [-0.25, -0.2) is 9.78 Å². The number of benzene rings is 3. The van der Waals surface area contributed by atoms with E-state index in [-0.39, 0.29) is 6.03 Å². The van der Waals surface area contributed by atoms with Gasteiger partial charge in [0.1, 0.15) is 11.4 Å². The van der Waals surface area contributed by atoms with E-state index >= 15 is 0 Å². The van der Waals surface area contributed by atoms with Gasteiger partial charge < -0.3 is 26.1 Å². The Balaban J connectivity index is 1.34. The molecule has 0 aliphatic carbocycles. The number of carbonyl (C=O) groups is 1. The zero-order chi connectivity index (χ0) is 22.6. The number of urea groups is 1. The van der Waals surface area contributed by atoms with Crippen molar-refractivity contribution in [3.8, 4) is 22.6 Å². The van der Waals surface area contributed by atoms with Crippen LogP contribution in [0.25, 0.3) is 22.2 Å². The van der Waals surface area contributed by atoms with Gasteiger partial charge in [-0.2, -0.15) is 0 Å². The van der Waals surface area contributed by atoms with E-state index in [9.17, 15) is 4.79 Å². The summed E-state index contributed by atoms with van der Waals surface area (Å²) in [6.07, 6.45) is 3.50. The van der Waals surface area contributed by atoms with Gasteiger partial charge in [-0.3, -0.25) is 0 Å². The topological polar surface area (TPSA) is 105 Å². The van der Waals surface area contributed by atoms with Gasteiger partial charge in [0.15, 0.2) is 5.75 Å². The van der Waals surface area contributed by atoms with Crippen LogP contribution in [0.15, 0.2) is 97.3 Å². The second-order valence-corrected chi connectivity index (χ2v) is 7.44. The van der Waals surface area contributed by atoms with Crippen LogP contribution in [0.5, 0.6) is 11.5 Å². The van der Waals surface area contributed by atoms with Gasteiger partial charge in [-0.15, -0.1) is 0 Å². The molecule has 162 valence electrons. The second-order valence-electron chi connectivity index (χ2n) is 7.44. The monoisotopic (exact) mass is 435 g/mol. The van der Waals surface area contributed by atoms with Crippen LogP contribution in [0.3, 0.4) is 0 Å². The summed E-state index contributed by atoms with van der Waals surface area (Å²) >= 11 is 0. The highest BCUT2D eigenvalue weighted by Crippen LogP contribution is 2.31. The fourth-order valence-electron chi connectivity index (χ4n) is 3.58. The van der Waals surface area contributed by atoms with E-state index in [1.54, 1.807) is 18.3 Å². The molecule has 0 saturated carbocycles. The number of aromatic nitrogens is 2. The van der Waals surface area contributed by atoms with Crippen molar-refractivity contribution in [1.82, 2.24) is 9.97 Å². The number of ether oxygens (including phenoxy) is 1. The van der Waals surface area contributed by atoms with Crippen molar-refractivity contribution in [3.63, 3.8) is 0 Å². The molecule has 0 aliphatic heterocycles. The van der Waals surface area contributed by atoms with Crippen molar-refractivity contribution >= 4 is 34.1 Å². The molecule has 0 atom stereocenters. The minimum absolute atomic E-state index is 0.374. The van der Waals surface area contributed by atoms with Crippen molar-refractivity contribution in [2.45, 2.75) is 0 Å². The number of anilines is 3. The molecule has 0 bridgehead atoms. The molecule has 7 nitrogen and oxygen atoms in total. The number of nitrogens with zero attached hydrogens (tertiary/aromatic N) is 1. The van der Waals surface area contributed by atoms with Crippen LogP contribution in [0.2, 0.25) is 0 Å². The molecule has 33 heavy (non-hydrogen) atoms. The van der Waals surface area contributed by atoms with Crippen LogP contribution in [0.1, 0.15) is 0 Å². The van der Waals surface area contributed by atoms with Gasteiger partial charge in [0, 0.05) is 22.8 Å². The summed E-state index contributed by atoms with van der Waals surface area (Å²) in [5.41, 5.74) is 10.4. The number of hydrogen-bond donors (Lipinski definition) is 4. The Morgan fingerprint density at radius 1 is 0.909 bits per heavy atom. The summed E-state index contributed by atoms with van der Waals surface area (Å²) in [5, 5.41) is 6.67. The second kappa shape index (κ2) is 8.76. The molecule has 0 saturated heterocycles. The van der Waals surface area contributed by atoms with Crippen LogP contribution in [-0.2, 0) is 0 Å². The Hall–Kier alpha value is -4.78. The first-order valence-electron chi connectivity index (χ1n) is 10.4. The Morgan fingerprint density at radius 2 is 1.73 bits per heavy atom. The van der Waals surface area contributed by atoms with Crippen molar-refractivity contribution in [3.05, 3.63) is 97.3 Å². The van der Waals surface area contributed by atoms with Crippen molar-refractivity contribution in [1.29, 1.82) is 0 Å². The lowest BCUT2D eigenvalue weighted by molar-refractivity contribution is 0.262. The summed E-state index contributed by atoms with van der Waals surface area (Å²) in [4.78, 5) is 20.2. The molecule has 2 heterocycles. The van der Waals surface area contributed by atoms with Gasteiger partial charge in [0.05, 0.1) is 17.6 Å². The predicted octanol–water partition coefficient (Wildman–Crippen LogP) is 6.25. The Kier molecular flexibility index (Phi) is 5.35. The fourth-order valence-corrected chi connectivity index (χ4v) is 3.58. The number of nitrogens with one attached hydrogen (secondary N) is 3. The van der Waals surface area contributed by atoms with Crippen molar-refractivity contribution in [2.75, 3.05) is 16.4 Å². The molecule has 0 aliphatic rings. The van der Waals surface area contributed by atoms with E-state index < -0.39 is 0 Å². The van der Waals surface area contributed by atoms with Crippen LogP contribution in [0, 0.1) is 0 Å². The number of amides is 2. The highest BCUT2D eigenvalue weighted by atomic mass is 16.5. The number of carbonyl (C=O) groups excluding carboxylic acids is 1. The van der Waals surface area contributed by atoms with Gasteiger partial charge in [-0.05, 0) is 48.0 Å². The van der Waals surface area contributed by atoms with E-state index in [0.717, 1.165) is 22.2 Å². The molecular weight excluding hydrogens is 414 g/mol. The Labute approximate surface area is 190 Å². The average Bonchev–Trinajstić information content (AvgIpc) is 3.24. The van der Waals surface area contributed by atoms with Crippen LogP contribution < -0.4 is 21.1 Å². The van der Waals surface area contributed by atoms with Gasteiger partial charge in [-0.1, -0.05) is 42.5 Å². The number of pyridine rings is 1. The maximum Gasteiger partial charge on any atom is 0.323 e. The molecule has 0 fully saturated rings. The number of rotatable bonds is 5. The first-order valence-corrected chi connectivity index (χ1v) is 10.4. The Bertz CT molecular complexity index is 1430. The van der Waals surface area contributed by atoms with Crippen LogP contribution in [0.4, 0.5) is 21.9 Å². The SMILES string of the molecule is Nc1cnc2[nH]cc(-c3cccc(NC(=O)Nc4ccccc4Oc4ccccc4)c3)c2c1. The standard InChI is InChI=1S/C26H21N5O2/c27-18-14-21-22(16-29-25(21)28-15-18)17-7-6-8-19(13-17)30-26(32)31-23-11-4-5-12-24(23)33-20-9-2-1-3-10-20/h1-16H,27H2,(H,28,29)(H2,30,31,32). The van der Waals surface area contributed by atoms with E-state index in [1.807, 2.05) is 79.0 Å². The minimum Gasteiger partial charge on any atom is -0.455 e. The molecule has 0 spiro atoms. The van der Waals surface area contributed by atoms with Gasteiger partial charge >= 0.3 is 6.03 Å². The third-order valence-electron chi connectivity index (χ3n) is 5.09. The van der Waals surface area contributed by atoms with E-state index in [2.05, 4.69) is 20.6 Å². The zero-order valence-corrected chi connectivity index (χ0v) is 17.6. The quantitative estimate of drug-likeness (QED) is 0.262. The summed E-state index contributed by atoms with van der Waals surface area (Å²) < 4.78 is 5.92. The lowest BCUT2D eigenvalue weighted by atomic mass is 10.1. The average molecular weight is 435 g/mol. The molecule has 5 N–H and O–H groups in total. The summed E-state index contributed by atoms with van der Waals surface area (Å²) in [7, 11) is 0. The third-order valence-corrected chi connectivity index (χ3v) is 5.09. The van der Waals surface area contributed by atoms with Gasteiger partial charge in [0.25, 0.3) is 0 Å². The zero-order valence-electron chi connectivity index (χ0n) is 17.6. The first kappa shape index (κ1) is 20.1. The molecule has 0 unspecified atom stereocenters. The number of fused-ring (bicyclic) bond motifs is 1. The van der Waals surface area contributed by atoms with Gasteiger partial charge in [0.2, 0.25) is 0 Å². The highest BCUT2D eigenvalue weighted by Gasteiger charge is 2.11. The largest absolute Gasteiger partial charge is 0.455 e. The number of H-pyrrole nitrogens is 1. The van der Waals surface area contributed by atoms with E-state index in [1.165, 1.54) is 0 Å². The Morgan fingerprint density at radius 3 is 2.61 bits per heavy atom. The molecule has 2 amide bonds. The number of aromatic amines is 1. The maximum absolute atomic E-state index is 12.7. The molecule has 0 radical (unpaired) electrons. The molecule has 5 rings (SSSR count). The van der Waals surface area contributed by atoms with E-state index in [4.69, 9.17) is 10.5 Å². The first-order chi connectivity index (χ1) is 16.2. The summed E-state index contributed by atoms with van der Waals surface area (Å²) in [6, 6.07) is 25.8. The highest BCUT2D eigenvalue weighted by molar-refractivity contribution is 6.02. The van der Waals surface area contributed by atoms with Crippen molar-refractivity contribution < 1.29 is 9.53 Å². The lowest BCUT2D eigenvalue weighted by Crippen LogP contribution is -2.19. The number of nitrogens with two attached hydrogens (primary N) is 1.